The van der Waals surface area contributed by atoms with Gasteiger partial charge in [0.2, 0.25) is 0 Å². The number of rotatable bonds is 6. The molecule has 1 aliphatic heterocycles. The molecule has 1 aromatic carbocycles. The molecule has 2 aromatic heterocycles. The second-order valence-electron chi connectivity index (χ2n) is 7.78. The van der Waals surface area contributed by atoms with E-state index in [-0.39, 0.29) is 0 Å². The van der Waals surface area contributed by atoms with Crippen LogP contribution < -0.4 is 4.90 Å². The van der Waals surface area contributed by atoms with E-state index < -0.39 is 0 Å². The van der Waals surface area contributed by atoms with Crippen LogP contribution in [-0.2, 0) is 6.54 Å². The van der Waals surface area contributed by atoms with E-state index >= 15 is 0 Å². The first-order valence-corrected chi connectivity index (χ1v) is 9.97. The Morgan fingerprint density at radius 1 is 1.15 bits per heavy atom. The van der Waals surface area contributed by atoms with Gasteiger partial charge in [0.1, 0.15) is 11.6 Å². The Kier molecular flexibility index (Phi) is 5.39. The van der Waals surface area contributed by atoms with E-state index in [1.54, 1.807) is 0 Å². The monoisotopic (exact) mass is 363 g/mol. The summed E-state index contributed by atoms with van der Waals surface area (Å²) in [5, 5.41) is 1.20. The van der Waals surface area contributed by atoms with Crippen LogP contribution in [0.25, 0.3) is 10.9 Å². The summed E-state index contributed by atoms with van der Waals surface area (Å²) in [7, 11) is 4.26. The summed E-state index contributed by atoms with van der Waals surface area (Å²) in [6.45, 7) is 4.22. The van der Waals surface area contributed by atoms with Gasteiger partial charge in [-0.15, -0.1) is 0 Å². The Balaban J connectivity index is 1.49. The first kappa shape index (κ1) is 18.0. The van der Waals surface area contributed by atoms with E-state index in [0.29, 0.717) is 5.92 Å². The van der Waals surface area contributed by atoms with Crippen molar-refractivity contribution >= 4 is 16.7 Å². The predicted molar refractivity (Wildman–Crippen MR) is 111 cm³/mol. The number of hydrogen-bond acceptors (Lipinski definition) is 4. The van der Waals surface area contributed by atoms with Gasteiger partial charge in [-0.3, -0.25) is 0 Å². The van der Waals surface area contributed by atoms with Crippen LogP contribution in [-0.4, -0.2) is 53.2 Å². The number of aromatic nitrogens is 3. The molecule has 5 nitrogen and oxygen atoms in total. The first-order valence-electron chi connectivity index (χ1n) is 9.97. The fraction of sp³-hybridized carbons (Fsp3) is 0.455. The van der Waals surface area contributed by atoms with Gasteiger partial charge >= 0.3 is 0 Å². The van der Waals surface area contributed by atoms with Crippen LogP contribution in [0.1, 0.15) is 31.0 Å². The van der Waals surface area contributed by atoms with Gasteiger partial charge in [-0.2, -0.15) is 0 Å². The van der Waals surface area contributed by atoms with Crippen molar-refractivity contribution in [1.82, 2.24) is 19.4 Å². The van der Waals surface area contributed by atoms with Crippen molar-refractivity contribution in [3.8, 4) is 0 Å². The normalized spacial score (nSPS) is 17.7. The third-order valence-electron chi connectivity index (χ3n) is 5.45. The maximum atomic E-state index is 4.90. The Labute approximate surface area is 161 Å². The van der Waals surface area contributed by atoms with E-state index in [4.69, 9.17) is 9.97 Å². The van der Waals surface area contributed by atoms with Crippen molar-refractivity contribution in [1.29, 1.82) is 0 Å². The van der Waals surface area contributed by atoms with Gasteiger partial charge in [0.25, 0.3) is 0 Å². The number of aryl methyl sites for hydroxylation is 1. The molecule has 4 rings (SSSR count). The first-order chi connectivity index (χ1) is 13.2. The van der Waals surface area contributed by atoms with Gasteiger partial charge in [0.15, 0.2) is 0 Å². The van der Waals surface area contributed by atoms with Crippen molar-refractivity contribution in [3.63, 3.8) is 0 Å². The lowest BCUT2D eigenvalue weighted by Gasteiger charge is -2.33. The molecule has 142 valence electrons. The molecule has 0 amide bonds. The molecule has 0 N–H and O–H groups in total. The summed E-state index contributed by atoms with van der Waals surface area (Å²) in [5.74, 6) is 2.80. The fourth-order valence-electron chi connectivity index (χ4n) is 4.05. The zero-order valence-electron chi connectivity index (χ0n) is 16.4. The van der Waals surface area contributed by atoms with Gasteiger partial charge in [0, 0.05) is 43.3 Å². The smallest absolute Gasteiger partial charge is 0.129 e. The summed E-state index contributed by atoms with van der Waals surface area (Å²) in [6, 6.07) is 12.7. The molecule has 3 aromatic rings. The highest BCUT2D eigenvalue weighted by Gasteiger charge is 2.25. The molecule has 5 heteroatoms. The average Bonchev–Trinajstić information content (AvgIpc) is 3.16. The third kappa shape index (κ3) is 4.14. The summed E-state index contributed by atoms with van der Waals surface area (Å²) in [6.07, 6.45) is 7.63. The second-order valence-corrected chi connectivity index (χ2v) is 7.78. The van der Waals surface area contributed by atoms with Crippen LogP contribution in [0.4, 0.5) is 5.82 Å². The zero-order chi connectivity index (χ0) is 18.6. The van der Waals surface area contributed by atoms with Crippen LogP contribution in [0.3, 0.4) is 0 Å². The molecule has 0 unspecified atom stereocenters. The van der Waals surface area contributed by atoms with Crippen LogP contribution in [0.2, 0.25) is 0 Å². The lowest BCUT2D eigenvalue weighted by Crippen LogP contribution is -2.36. The van der Waals surface area contributed by atoms with Gasteiger partial charge in [-0.05, 0) is 58.1 Å². The molecule has 1 fully saturated rings. The topological polar surface area (TPSA) is 37.2 Å². The molecule has 0 aliphatic carbocycles. The molecule has 1 saturated heterocycles. The molecular formula is C22H29N5. The van der Waals surface area contributed by atoms with Gasteiger partial charge in [-0.25, -0.2) is 9.97 Å². The lowest BCUT2D eigenvalue weighted by atomic mass is 9.97. The molecular weight excluding hydrogens is 334 g/mol. The maximum absolute atomic E-state index is 4.90. The van der Waals surface area contributed by atoms with Gasteiger partial charge in [0.05, 0.1) is 5.52 Å². The highest BCUT2D eigenvalue weighted by atomic mass is 15.2. The molecule has 0 bridgehead atoms. The Hall–Kier alpha value is -2.40. The average molecular weight is 364 g/mol. The highest BCUT2D eigenvalue weighted by Crippen LogP contribution is 2.29. The van der Waals surface area contributed by atoms with E-state index in [1.165, 1.54) is 24.1 Å². The number of benzene rings is 1. The minimum Gasteiger partial charge on any atom is -0.356 e. The standard InChI is InChI=1S/C22H29N5/c1-25(2)13-6-15-26-16-12-23-22(26)19-8-5-14-27(17-19)21-11-10-18-7-3-4-9-20(18)24-21/h3-4,7,9-12,16,19H,5-6,8,13-15,17H2,1-2H3/t19-/m1/s1. The number of para-hydroxylation sites is 1. The molecule has 3 heterocycles. The summed E-state index contributed by atoms with van der Waals surface area (Å²) in [5.41, 5.74) is 1.07. The number of fused-ring (bicyclic) bond motifs is 1. The van der Waals surface area contributed by atoms with Crippen molar-refractivity contribution < 1.29 is 0 Å². The van der Waals surface area contributed by atoms with Crippen molar-refractivity contribution in [2.75, 3.05) is 38.6 Å². The van der Waals surface area contributed by atoms with Crippen molar-refractivity contribution in [3.05, 3.63) is 54.6 Å². The Morgan fingerprint density at radius 2 is 2.04 bits per heavy atom. The molecule has 1 aliphatic rings. The van der Waals surface area contributed by atoms with Crippen molar-refractivity contribution in [2.24, 2.45) is 0 Å². The number of nitrogens with zero attached hydrogens (tertiary/aromatic N) is 5. The predicted octanol–water partition coefficient (Wildman–Crippen LogP) is 3.77. The number of piperidine rings is 1. The molecule has 1 atom stereocenters. The van der Waals surface area contributed by atoms with Crippen LogP contribution >= 0.6 is 0 Å². The van der Waals surface area contributed by atoms with E-state index in [9.17, 15) is 0 Å². The SMILES string of the molecule is CN(C)CCCn1ccnc1[C@@H]1CCCN(c2ccc3ccccc3n2)C1. The Bertz CT molecular complexity index is 885. The minimum atomic E-state index is 0.473. The molecule has 0 saturated carbocycles. The van der Waals surface area contributed by atoms with Crippen LogP contribution in [0, 0.1) is 0 Å². The molecule has 0 spiro atoms. The number of pyridine rings is 1. The Morgan fingerprint density at radius 3 is 2.93 bits per heavy atom. The number of imidazole rings is 1. The second kappa shape index (κ2) is 8.09. The van der Waals surface area contributed by atoms with Gasteiger partial charge < -0.3 is 14.4 Å². The maximum Gasteiger partial charge on any atom is 0.129 e. The quantitative estimate of drug-likeness (QED) is 0.668. The lowest BCUT2D eigenvalue weighted by molar-refractivity contribution is 0.380. The van der Waals surface area contributed by atoms with E-state index in [1.807, 2.05) is 6.20 Å². The minimum absolute atomic E-state index is 0.473. The molecule has 0 radical (unpaired) electrons. The summed E-state index contributed by atoms with van der Waals surface area (Å²) >= 11 is 0. The van der Waals surface area contributed by atoms with Crippen LogP contribution in [0.15, 0.2) is 48.8 Å². The highest BCUT2D eigenvalue weighted by molar-refractivity contribution is 5.80. The zero-order valence-corrected chi connectivity index (χ0v) is 16.4. The van der Waals surface area contributed by atoms with Crippen LogP contribution in [0.5, 0.6) is 0 Å². The van der Waals surface area contributed by atoms with E-state index in [0.717, 1.165) is 43.9 Å². The van der Waals surface area contributed by atoms with Crippen molar-refractivity contribution in [2.45, 2.75) is 31.7 Å². The largest absolute Gasteiger partial charge is 0.356 e. The van der Waals surface area contributed by atoms with Gasteiger partial charge in [-0.1, -0.05) is 18.2 Å². The number of anilines is 1. The number of hydrogen-bond donors (Lipinski definition) is 0. The summed E-state index contributed by atoms with van der Waals surface area (Å²) < 4.78 is 2.35. The fourth-order valence-corrected chi connectivity index (χ4v) is 4.05. The third-order valence-corrected chi connectivity index (χ3v) is 5.45. The summed E-state index contributed by atoms with van der Waals surface area (Å²) in [4.78, 5) is 14.3. The van der Waals surface area contributed by atoms with E-state index in [2.05, 4.69) is 71.1 Å². The molecule has 27 heavy (non-hydrogen) atoms.